The molecule has 23 heavy (non-hydrogen) atoms. The summed E-state index contributed by atoms with van der Waals surface area (Å²) in [5, 5.41) is 9.21. The molecule has 0 saturated carbocycles. The minimum Gasteiger partial charge on any atom is -0.481 e. The topological polar surface area (TPSA) is 91.1 Å². The fraction of sp³-hybridized carbons (Fsp3) is 0.533. The molecule has 8 heteroatoms. The van der Waals surface area contributed by atoms with Gasteiger partial charge in [0.15, 0.2) is 10.4 Å². The van der Waals surface area contributed by atoms with E-state index in [1.54, 1.807) is 17.9 Å². The Morgan fingerprint density at radius 3 is 2.70 bits per heavy atom. The van der Waals surface area contributed by atoms with E-state index in [9.17, 15) is 19.5 Å². The van der Waals surface area contributed by atoms with E-state index in [1.165, 1.54) is 18.0 Å². The van der Waals surface area contributed by atoms with Crippen LogP contribution in [-0.2, 0) is 9.59 Å². The van der Waals surface area contributed by atoms with Crippen LogP contribution in [0.2, 0.25) is 0 Å². The molecule has 0 radical (unpaired) electrons. The van der Waals surface area contributed by atoms with Gasteiger partial charge in [-0.25, -0.2) is 0 Å². The summed E-state index contributed by atoms with van der Waals surface area (Å²) in [5.41, 5.74) is 0. The highest BCUT2D eigenvalue weighted by Gasteiger charge is 2.35. The number of rotatable bonds is 4. The van der Waals surface area contributed by atoms with Gasteiger partial charge in [-0.05, 0) is 47.8 Å². The summed E-state index contributed by atoms with van der Waals surface area (Å²) in [4.78, 5) is 38.6. The molecule has 0 unspecified atom stereocenters. The number of halogens is 1. The predicted molar refractivity (Wildman–Crippen MR) is 84.9 cm³/mol. The lowest BCUT2D eigenvalue weighted by Crippen LogP contribution is -2.52. The minimum absolute atomic E-state index is 0.117. The summed E-state index contributed by atoms with van der Waals surface area (Å²) in [6.07, 6.45) is 1.21. The van der Waals surface area contributed by atoms with Crippen molar-refractivity contribution in [1.29, 1.82) is 0 Å². The van der Waals surface area contributed by atoms with Crippen molar-refractivity contribution in [3.05, 3.63) is 22.6 Å². The Kier molecular flexibility index (Phi) is 5.46. The second-order valence-corrected chi connectivity index (χ2v) is 6.46. The predicted octanol–water partition coefficient (Wildman–Crippen LogP) is 1.83. The summed E-state index contributed by atoms with van der Waals surface area (Å²) in [6.45, 7) is 2.13. The van der Waals surface area contributed by atoms with E-state index < -0.39 is 17.8 Å². The largest absolute Gasteiger partial charge is 0.481 e. The van der Waals surface area contributed by atoms with E-state index in [4.69, 9.17) is 4.42 Å². The summed E-state index contributed by atoms with van der Waals surface area (Å²) in [5.74, 6) is -1.97. The van der Waals surface area contributed by atoms with Gasteiger partial charge in [-0.2, -0.15) is 0 Å². The molecule has 1 aliphatic heterocycles. The first-order valence-corrected chi connectivity index (χ1v) is 8.13. The number of amides is 2. The number of carboxylic acids is 1. The van der Waals surface area contributed by atoms with Gasteiger partial charge in [-0.3, -0.25) is 14.4 Å². The Labute approximate surface area is 142 Å². The summed E-state index contributed by atoms with van der Waals surface area (Å²) < 4.78 is 5.63. The van der Waals surface area contributed by atoms with Crippen LogP contribution in [0.25, 0.3) is 0 Å². The molecule has 1 N–H and O–H groups in total. The standard InChI is InChI=1S/C15H19BrN2O5/c1-9-10(15(21)22)4-3-7-18(9)13(19)8-17(2)14(20)11-5-6-12(16)23-11/h5-6,9-10H,3-4,7-8H2,1-2H3,(H,21,22)/t9-,10-/m1/s1. The van der Waals surface area contributed by atoms with Gasteiger partial charge in [0.05, 0.1) is 12.5 Å². The Bertz CT molecular complexity index is 615. The van der Waals surface area contributed by atoms with Gasteiger partial charge in [0, 0.05) is 19.6 Å². The molecule has 0 aliphatic carbocycles. The molecule has 2 heterocycles. The maximum absolute atomic E-state index is 12.4. The molecule has 0 spiro atoms. The van der Waals surface area contributed by atoms with Crippen molar-refractivity contribution < 1.29 is 23.9 Å². The molecule has 7 nitrogen and oxygen atoms in total. The Morgan fingerprint density at radius 2 is 2.13 bits per heavy atom. The van der Waals surface area contributed by atoms with E-state index in [0.717, 1.165) is 0 Å². The lowest BCUT2D eigenvalue weighted by molar-refractivity contribution is -0.149. The minimum atomic E-state index is -0.889. The lowest BCUT2D eigenvalue weighted by atomic mass is 9.90. The number of nitrogens with zero attached hydrogens (tertiary/aromatic N) is 2. The number of carbonyl (C=O) groups excluding carboxylic acids is 2. The number of carboxylic acid groups (broad SMARTS) is 1. The number of likely N-dealkylation sites (N-methyl/N-ethyl adjacent to an activating group) is 1. The highest BCUT2D eigenvalue weighted by Crippen LogP contribution is 2.24. The van der Waals surface area contributed by atoms with Crippen LogP contribution in [0, 0.1) is 5.92 Å². The molecule has 1 fully saturated rings. The molecule has 2 amide bonds. The van der Waals surface area contributed by atoms with Crippen LogP contribution in [0.15, 0.2) is 21.2 Å². The third-order valence-electron chi connectivity index (χ3n) is 4.13. The van der Waals surface area contributed by atoms with Gasteiger partial charge in [-0.15, -0.1) is 0 Å². The first-order chi connectivity index (χ1) is 10.8. The fourth-order valence-electron chi connectivity index (χ4n) is 2.81. The van der Waals surface area contributed by atoms with E-state index >= 15 is 0 Å². The third kappa shape index (κ3) is 3.93. The SMILES string of the molecule is C[C@@H]1[C@H](C(=O)O)CCCN1C(=O)CN(C)C(=O)c1ccc(Br)o1. The van der Waals surface area contributed by atoms with Crippen LogP contribution in [-0.4, -0.2) is 58.9 Å². The second kappa shape index (κ2) is 7.16. The molecule has 0 bridgehead atoms. The number of aliphatic carboxylic acids is 1. The fourth-order valence-corrected chi connectivity index (χ4v) is 3.11. The normalized spacial score (nSPS) is 21.1. The Hall–Kier alpha value is -1.83. The summed E-state index contributed by atoms with van der Waals surface area (Å²) >= 11 is 3.12. The number of furan rings is 1. The van der Waals surface area contributed by atoms with Gasteiger partial charge >= 0.3 is 5.97 Å². The van der Waals surface area contributed by atoms with Crippen molar-refractivity contribution in [2.45, 2.75) is 25.8 Å². The van der Waals surface area contributed by atoms with E-state index in [1.807, 2.05) is 0 Å². The average Bonchev–Trinajstić information content (AvgIpc) is 2.92. The first kappa shape index (κ1) is 17.5. The number of likely N-dealkylation sites (tertiary alicyclic amines) is 1. The van der Waals surface area contributed by atoms with Crippen molar-refractivity contribution >= 4 is 33.7 Å². The van der Waals surface area contributed by atoms with Crippen LogP contribution in [0.3, 0.4) is 0 Å². The molecule has 1 saturated heterocycles. The third-order valence-corrected chi connectivity index (χ3v) is 4.55. The molecule has 2 rings (SSSR count). The van der Waals surface area contributed by atoms with Gasteiger partial charge in [0.1, 0.15) is 0 Å². The molecular formula is C15H19BrN2O5. The second-order valence-electron chi connectivity index (χ2n) is 5.68. The van der Waals surface area contributed by atoms with Crippen LogP contribution in [0.5, 0.6) is 0 Å². The van der Waals surface area contributed by atoms with Gasteiger partial charge in [-0.1, -0.05) is 0 Å². The smallest absolute Gasteiger partial charge is 0.308 e. The monoisotopic (exact) mass is 386 g/mol. The molecular weight excluding hydrogens is 368 g/mol. The highest BCUT2D eigenvalue weighted by atomic mass is 79.9. The van der Waals surface area contributed by atoms with Crippen molar-refractivity contribution in [1.82, 2.24) is 9.80 Å². The quantitative estimate of drug-likeness (QED) is 0.851. The van der Waals surface area contributed by atoms with Crippen molar-refractivity contribution in [3.63, 3.8) is 0 Å². The van der Waals surface area contributed by atoms with Crippen LogP contribution in [0.4, 0.5) is 0 Å². The van der Waals surface area contributed by atoms with Crippen LogP contribution in [0.1, 0.15) is 30.3 Å². The zero-order chi connectivity index (χ0) is 17.1. The van der Waals surface area contributed by atoms with Crippen LogP contribution < -0.4 is 0 Å². The molecule has 126 valence electrons. The van der Waals surface area contributed by atoms with Crippen molar-refractivity contribution in [2.75, 3.05) is 20.1 Å². The average molecular weight is 387 g/mol. The number of hydrogen-bond donors (Lipinski definition) is 1. The molecule has 0 aromatic carbocycles. The van der Waals surface area contributed by atoms with E-state index in [2.05, 4.69) is 15.9 Å². The van der Waals surface area contributed by atoms with Gasteiger partial charge < -0.3 is 19.3 Å². The molecule has 1 aromatic rings. The summed E-state index contributed by atoms with van der Waals surface area (Å²) in [6, 6.07) is 2.75. The number of carbonyl (C=O) groups is 3. The van der Waals surface area contributed by atoms with E-state index in [0.29, 0.717) is 24.1 Å². The van der Waals surface area contributed by atoms with Crippen LogP contribution >= 0.6 is 15.9 Å². The molecule has 1 aromatic heterocycles. The highest BCUT2D eigenvalue weighted by molar-refractivity contribution is 9.10. The number of piperidine rings is 1. The summed E-state index contributed by atoms with van der Waals surface area (Å²) in [7, 11) is 1.51. The Balaban J connectivity index is 2.00. The maximum Gasteiger partial charge on any atom is 0.308 e. The maximum atomic E-state index is 12.4. The number of hydrogen-bond acceptors (Lipinski definition) is 4. The van der Waals surface area contributed by atoms with Gasteiger partial charge in [0.25, 0.3) is 5.91 Å². The zero-order valence-electron chi connectivity index (χ0n) is 13.0. The van der Waals surface area contributed by atoms with Crippen molar-refractivity contribution in [3.8, 4) is 0 Å². The van der Waals surface area contributed by atoms with Crippen molar-refractivity contribution in [2.24, 2.45) is 5.92 Å². The van der Waals surface area contributed by atoms with E-state index in [-0.39, 0.29) is 24.3 Å². The Morgan fingerprint density at radius 1 is 1.43 bits per heavy atom. The lowest BCUT2D eigenvalue weighted by Gasteiger charge is -2.38. The zero-order valence-corrected chi connectivity index (χ0v) is 14.6. The molecule has 2 atom stereocenters. The first-order valence-electron chi connectivity index (χ1n) is 7.34. The van der Waals surface area contributed by atoms with Gasteiger partial charge in [0.2, 0.25) is 5.91 Å². The molecule has 1 aliphatic rings.